The molecule has 3 aromatic rings. The number of nitrogens with one attached hydrogen (secondary N) is 2. The topological polar surface area (TPSA) is 100 Å². The molecule has 4 rings (SSSR count). The van der Waals surface area contributed by atoms with Gasteiger partial charge in [0, 0.05) is 30.4 Å². The Labute approximate surface area is 210 Å². The number of morpholine rings is 1. The highest BCUT2D eigenvalue weighted by Crippen LogP contribution is 2.28. The number of benzene rings is 3. The second kappa shape index (κ2) is 12.3. The van der Waals surface area contributed by atoms with Gasteiger partial charge in [0.2, 0.25) is 5.91 Å². The molecule has 1 saturated heterocycles. The number of anilines is 2. The second-order valence-corrected chi connectivity index (χ2v) is 8.57. The largest absolute Gasteiger partial charge is 0.495 e. The van der Waals surface area contributed by atoms with Crippen LogP contribution in [0.4, 0.5) is 11.4 Å². The van der Waals surface area contributed by atoms with Crippen molar-refractivity contribution in [3.63, 3.8) is 0 Å². The minimum Gasteiger partial charge on any atom is -0.495 e. The number of ether oxygens (including phenoxy) is 2. The van der Waals surface area contributed by atoms with Crippen molar-refractivity contribution in [1.82, 2.24) is 4.90 Å². The van der Waals surface area contributed by atoms with Gasteiger partial charge in [-0.25, -0.2) is 0 Å². The number of aliphatic hydroxyl groups excluding tert-OH is 1. The summed E-state index contributed by atoms with van der Waals surface area (Å²) in [6.45, 7) is 1.87. The maximum atomic E-state index is 12.8. The van der Waals surface area contributed by atoms with Crippen molar-refractivity contribution in [3.05, 3.63) is 78.4 Å². The van der Waals surface area contributed by atoms with E-state index in [1.54, 1.807) is 30.3 Å². The third kappa shape index (κ3) is 6.48. The zero-order chi connectivity index (χ0) is 25.3. The fraction of sp³-hybridized carbons (Fsp3) is 0.286. The fourth-order valence-corrected chi connectivity index (χ4v) is 4.22. The molecule has 36 heavy (non-hydrogen) atoms. The molecule has 1 heterocycles. The Morgan fingerprint density at radius 1 is 1.03 bits per heavy atom. The van der Waals surface area contributed by atoms with Gasteiger partial charge in [0.05, 0.1) is 32.6 Å². The Hall–Kier alpha value is -3.72. The molecule has 0 radical (unpaired) electrons. The molecule has 0 aromatic heterocycles. The molecule has 0 saturated carbocycles. The van der Waals surface area contributed by atoms with Crippen molar-refractivity contribution < 1.29 is 24.2 Å². The minimum atomic E-state index is -0.253. The molecule has 3 aromatic carbocycles. The van der Waals surface area contributed by atoms with Crippen molar-refractivity contribution in [3.8, 4) is 16.9 Å². The van der Waals surface area contributed by atoms with Crippen LogP contribution in [0.2, 0.25) is 0 Å². The lowest BCUT2D eigenvalue weighted by molar-refractivity contribution is -0.119. The Balaban J connectivity index is 1.41. The van der Waals surface area contributed by atoms with Crippen LogP contribution in [0.5, 0.6) is 5.75 Å². The number of hydrogen-bond acceptors (Lipinski definition) is 6. The molecule has 1 aliphatic rings. The number of carbonyl (C=O) groups is 2. The van der Waals surface area contributed by atoms with E-state index in [0.717, 1.165) is 11.1 Å². The smallest absolute Gasteiger partial charge is 0.255 e. The number of aliphatic hydroxyl groups is 1. The van der Waals surface area contributed by atoms with Gasteiger partial charge in [0.1, 0.15) is 5.75 Å². The van der Waals surface area contributed by atoms with E-state index in [1.165, 1.54) is 7.11 Å². The van der Waals surface area contributed by atoms with Crippen LogP contribution in [0.15, 0.2) is 72.8 Å². The van der Waals surface area contributed by atoms with E-state index in [0.29, 0.717) is 48.9 Å². The third-order valence-electron chi connectivity index (χ3n) is 6.14. The van der Waals surface area contributed by atoms with Gasteiger partial charge in [0.25, 0.3) is 5.91 Å². The highest BCUT2D eigenvalue weighted by atomic mass is 16.5. The lowest BCUT2D eigenvalue weighted by atomic mass is 10.0. The van der Waals surface area contributed by atoms with Crippen molar-refractivity contribution in [2.75, 3.05) is 50.7 Å². The number of amides is 2. The maximum absolute atomic E-state index is 12.8. The van der Waals surface area contributed by atoms with Crippen LogP contribution < -0.4 is 15.4 Å². The van der Waals surface area contributed by atoms with E-state index in [-0.39, 0.29) is 31.0 Å². The number of nitrogens with zero attached hydrogens (tertiary/aromatic N) is 1. The molecule has 1 fully saturated rings. The van der Waals surface area contributed by atoms with E-state index >= 15 is 0 Å². The summed E-state index contributed by atoms with van der Waals surface area (Å²) in [7, 11) is 1.52. The summed E-state index contributed by atoms with van der Waals surface area (Å²) in [6, 6.07) is 22.5. The van der Waals surface area contributed by atoms with Crippen molar-refractivity contribution in [2.45, 2.75) is 12.5 Å². The molecule has 1 atom stereocenters. The second-order valence-electron chi connectivity index (χ2n) is 8.57. The Morgan fingerprint density at radius 2 is 1.78 bits per heavy atom. The van der Waals surface area contributed by atoms with Crippen molar-refractivity contribution in [2.24, 2.45) is 0 Å². The van der Waals surface area contributed by atoms with Gasteiger partial charge in [-0.2, -0.15) is 0 Å². The van der Waals surface area contributed by atoms with Crippen LogP contribution in [0.1, 0.15) is 16.8 Å². The molecule has 0 aliphatic carbocycles. The maximum Gasteiger partial charge on any atom is 0.255 e. The first-order valence-electron chi connectivity index (χ1n) is 11.9. The summed E-state index contributed by atoms with van der Waals surface area (Å²) >= 11 is 0. The lowest BCUT2D eigenvalue weighted by Crippen LogP contribution is -2.48. The monoisotopic (exact) mass is 489 g/mol. The van der Waals surface area contributed by atoms with Gasteiger partial charge in [0.15, 0.2) is 0 Å². The lowest BCUT2D eigenvalue weighted by Gasteiger charge is -2.34. The van der Waals surface area contributed by atoms with E-state index < -0.39 is 0 Å². The fourth-order valence-electron chi connectivity index (χ4n) is 4.22. The molecule has 2 amide bonds. The molecular formula is C28H31N3O5. The summed E-state index contributed by atoms with van der Waals surface area (Å²) in [5.74, 6) is 0.0257. The Kier molecular flexibility index (Phi) is 8.67. The van der Waals surface area contributed by atoms with E-state index in [1.807, 2.05) is 47.4 Å². The van der Waals surface area contributed by atoms with Gasteiger partial charge in [-0.1, -0.05) is 42.5 Å². The Bertz CT molecular complexity index is 1170. The molecule has 8 nitrogen and oxygen atoms in total. The molecule has 0 bridgehead atoms. The average molecular weight is 490 g/mol. The van der Waals surface area contributed by atoms with Gasteiger partial charge >= 0.3 is 0 Å². The van der Waals surface area contributed by atoms with Crippen LogP contribution in [0.3, 0.4) is 0 Å². The van der Waals surface area contributed by atoms with Gasteiger partial charge in [-0.05, 0) is 47.9 Å². The first-order chi connectivity index (χ1) is 17.6. The summed E-state index contributed by atoms with van der Waals surface area (Å²) < 4.78 is 10.9. The van der Waals surface area contributed by atoms with Crippen molar-refractivity contribution in [1.29, 1.82) is 0 Å². The predicted octanol–water partition coefficient (Wildman–Crippen LogP) is 3.64. The van der Waals surface area contributed by atoms with Crippen LogP contribution >= 0.6 is 0 Å². The van der Waals surface area contributed by atoms with E-state index in [4.69, 9.17) is 9.47 Å². The van der Waals surface area contributed by atoms with Gasteiger partial charge < -0.3 is 25.2 Å². The SMILES string of the molecule is COc1ccc(NC(=O)c2ccc(-c3ccccc3)cc2)cc1NC(=O)CN1CCOC[C@H]1CCO. The van der Waals surface area contributed by atoms with Gasteiger partial charge in [-0.15, -0.1) is 0 Å². The van der Waals surface area contributed by atoms with Crippen LogP contribution in [0.25, 0.3) is 11.1 Å². The first-order valence-corrected chi connectivity index (χ1v) is 11.9. The minimum absolute atomic E-state index is 0.00435. The zero-order valence-corrected chi connectivity index (χ0v) is 20.3. The summed E-state index contributed by atoms with van der Waals surface area (Å²) in [5.41, 5.74) is 3.64. The quantitative estimate of drug-likeness (QED) is 0.424. The third-order valence-corrected chi connectivity index (χ3v) is 6.14. The molecule has 0 unspecified atom stereocenters. The highest BCUT2D eigenvalue weighted by molar-refractivity contribution is 6.05. The van der Waals surface area contributed by atoms with Crippen LogP contribution in [-0.2, 0) is 9.53 Å². The molecule has 188 valence electrons. The first kappa shape index (κ1) is 25.4. The van der Waals surface area contributed by atoms with E-state index in [2.05, 4.69) is 10.6 Å². The molecule has 3 N–H and O–H groups in total. The summed E-state index contributed by atoms with van der Waals surface area (Å²) in [6.07, 6.45) is 0.546. The van der Waals surface area contributed by atoms with Crippen LogP contribution in [-0.4, -0.2) is 67.9 Å². The number of rotatable bonds is 9. The van der Waals surface area contributed by atoms with Crippen molar-refractivity contribution >= 4 is 23.2 Å². The van der Waals surface area contributed by atoms with E-state index in [9.17, 15) is 14.7 Å². The summed E-state index contributed by atoms with van der Waals surface area (Å²) in [5, 5.41) is 15.1. The standard InChI is InChI=1S/C28H31N3O5/c1-35-26-12-11-23(17-25(26)30-27(33)18-31-14-16-36-19-24(31)13-15-32)29-28(34)22-9-7-21(8-10-22)20-5-3-2-4-6-20/h2-12,17,24,32H,13-16,18-19H2,1H3,(H,29,34)(H,30,33)/t24-/m1/s1. The highest BCUT2D eigenvalue weighted by Gasteiger charge is 2.24. The number of methoxy groups -OCH3 is 1. The Morgan fingerprint density at radius 3 is 2.50 bits per heavy atom. The normalized spacial score (nSPS) is 15.8. The summed E-state index contributed by atoms with van der Waals surface area (Å²) in [4.78, 5) is 27.7. The average Bonchev–Trinajstić information content (AvgIpc) is 2.91. The predicted molar refractivity (Wildman–Crippen MR) is 139 cm³/mol. The molecule has 1 aliphatic heterocycles. The molecule has 0 spiro atoms. The number of carbonyl (C=O) groups excluding carboxylic acids is 2. The van der Waals surface area contributed by atoms with Crippen LogP contribution in [0, 0.1) is 0 Å². The van der Waals surface area contributed by atoms with Gasteiger partial charge in [-0.3, -0.25) is 14.5 Å². The molecule has 8 heteroatoms. The molecular weight excluding hydrogens is 458 g/mol. The zero-order valence-electron chi connectivity index (χ0n) is 20.3. The number of hydrogen-bond donors (Lipinski definition) is 3.